The first-order chi connectivity index (χ1) is 21.1. The summed E-state index contributed by atoms with van der Waals surface area (Å²) in [4.78, 5) is 29.5. The maximum Gasteiger partial charge on any atom is 0.264 e. The fraction of sp³-hybridized carbons (Fsp3) is 0.235. The van der Waals surface area contributed by atoms with Gasteiger partial charge >= 0.3 is 0 Å². The van der Waals surface area contributed by atoms with Crippen molar-refractivity contribution >= 4 is 39.1 Å². The maximum atomic E-state index is 14.5. The molecule has 10 heteroatoms. The Morgan fingerprint density at radius 3 is 2.20 bits per heavy atom. The number of hydrogen-bond acceptors (Lipinski definition) is 5. The quantitative estimate of drug-likeness (QED) is 0.206. The van der Waals surface area contributed by atoms with Gasteiger partial charge in [-0.1, -0.05) is 83.9 Å². The van der Waals surface area contributed by atoms with E-state index in [1.54, 1.807) is 61.5 Å². The van der Waals surface area contributed by atoms with Crippen LogP contribution in [0.2, 0.25) is 5.02 Å². The van der Waals surface area contributed by atoms with Gasteiger partial charge in [0.1, 0.15) is 18.3 Å². The Morgan fingerprint density at radius 2 is 1.55 bits per heavy atom. The summed E-state index contributed by atoms with van der Waals surface area (Å²) in [5, 5.41) is 3.33. The average molecular weight is 634 g/mol. The standard InChI is InChI=1S/C34H36ClN3O5S/c1-4-36-34(40)31(22-26-11-6-5-7-12-26)37(23-27-13-10-14-28(35)21-27)33(39)24-38(30-15-8-9-16-32(30)43-3)44(41,42)29-19-17-25(2)18-20-29/h5-21,31H,4,22-24H2,1-3H3,(H,36,40). The van der Waals surface area contributed by atoms with Crippen LogP contribution in [0, 0.1) is 6.92 Å². The Balaban J connectivity index is 1.82. The predicted molar refractivity (Wildman–Crippen MR) is 173 cm³/mol. The molecule has 4 rings (SSSR count). The minimum Gasteiger partial charge on any atom is -0.495 e. The highest BCUT2D eigenvalue weighted by molar-refractivity contribution is 7.92. The summed E-state index contributed by atoms with van der Waals surface area (Å²) in [5.41, 5.74) is 2.63. The molecular weight excluding hydrogens is 598 g/mol. The Hall–Kier alpha value is -4.34. The lowest BCUT2D eigenvalue weighted by molar-refractivity contribution is -0.140. The molecule has 2 amide bonds. The summed E-state index contributed by atoms with van der Waals surface area (Å²) in [7, 11) is -2.80. The Bertz CT molecular complexity index is 1680. The first kappa shape index (κ1) is 32.6. The van der Waals surface area contributed by atoms with Gasteiger partial charge in [-0.25, -0.2) is 8.42 Å². The van der Waals surface area contributed by atoms with Crippen molar-refractivity contribution in [2.75, 3.05) is 24.5 Å². The monoisotopic (exact) mass is 633 g/mol. The van der Waals surface area contributed by atoms with E-state index in [-0.39, 0.29) is 35.2 Å². The molecule has 0 aliphatic rings. The summed E-state index contributed by atoms with van der Waals surface area (Å²) in [6.07, 6.45) is 0.221. The van der Waals surface area contributed by atoms with Gasteiger partial charge in [-0.15, -0.1) is 0 Å². The number of methoxy groups -OCH3 is 1. The van der Waals surface area contributed by atoms with E-state index in [1.807, 2.05) is 43.3 Å². The highest BCUT2D eigenvalue weighted by Gasteiger charge is 2.35. The smallest absolute Gasteiger partial charge is 0.264 e. The van der Waals surface area contributed by atoms with E-state index in [0.29, 0.717) is 17.1 Å². The van der Waals surface area contributed by atoms with Crippen LogP contribution < -0.4 is 14.4 Å². The number of amides is 2. The summed E-state index contributed by atoms with van der Waals surface area (Å²) in [6.45, 7) is 3.47. The number of nitrogens with one attached hydrogen (secondary N) is 1. The van der Waals surface area contributed by atoms with Crippen molar-refractivity contribution in [1.82, 2.24) is 10.2 Å². The third kappa shape index (κ3) is 7.98. The largest absolute Gasteiger partial charge is 0.495 e. The van der Waals surface area contributed by atoms with Crippen molar-refractivity contribution in [3.8, 4) is 5.75 Å². The molecular formula is C34H36ClN3O5S. The van der Waals surface area contributed by atoms with Crippen molar-refractivity contribution < 1.29 is 22.7 Å². The molecule has 0 bridgehead atoms. The van der Waals surface area contributed by atoms with Crippen LogP contribution in [0.5, 0.6) is 5.75 Å². The van der Waals surface area contributed by atoms with Crippen LogP contribution >= 0.6 is 11.6 Å². The van der Waals surface area contributed by atoms with E-state index in [2.05, 4.69) is 5.32 Å². The Labute approximate surface area is 264 Å². The van der Waals surface area contributed by atoms with Crippen molar-refractivity contribution in [2.45, 2.75) is 37.8 Å². The summed E-state index contributed by atoms with van der Waals surface area (Å²) in [6, 6.07) is 28.5. The minimum atomic E-state index is -4.24. The number of carbonyl (C=O) groups excluding carboxylic acids is 2. The second kappa shape index (κ2) is 14.9. The van der Waals surface area contributed by atoms with E-state index < -0.39 is 28.5 Å². The highest BCUT2D eigenvalue weighted by atomic mass is 35.5. The highest BCUT2D eigenvalue weighted by Crippen LogP contribution is 2.33. The van der Waals surface area contributed by atoms with Crippen LogP contribution in [0.3, 0.4) is 0 Å². The number of carbonyl (C=O) groups is 2. The van der Waals surface area contributed by atoms with Gasteiger partial charge < -0.3 is 15.0 Å². The Morgan fingerprint density at radius 1 is 0.886 bits per heavy atom. The number of hydrogen-bond donors (Lipinski definition) is 1. The molecule has 0 aliphatic carbocycles. The number of likely N-dealkylation sites (N-methyl/N-ethyl adjacent to an activating group) is 1. The third-order valence-electron chi connectivity index (χ3n) is 7.11. The summed E-state index contributed by atoms with van der Waals surface area (Å²) < 4.78 is 34.9. The molecule has 0 aromatic heterocycles. The molecule has 0 saturated heterocycles. The molecule has 0 saturated carbocycles. The van der Waals surface area contributed by atoms with Gasteiger partial charge in [0.15, 0.2) is 0 Å². The molecule has 0 heterocycles. The number of nitrogens with zero attached hydrogens (tertiary/aromatic N) is 2. The molecule has 1 atom stereocenters. The first-order valence-electron chi connectivity index (χ1n) is 14.2. The second-order valence-corrected chi connectivity index (χ2v) is 12.5. The van der Waals surface area contributed by atoms with E-state index >= 15 is 0 Å². The first-order valence-corrected chi connectivity index (χ1v) is 16.0. The third-order valence-corrected chi connectivity index (χ3v) is 9.11. The molecule has 8 nitrogen and oxygen atoms in total. The zero-order chi connectivity index (χ0) is 31.7. The molecule has 44 heavy (non-hydrogen) atoms. The lowest BCUT2D eigenvalue weighted by atomic mass is 10.0. The summed E-state index contributed by atoms with van der Waals surface area (Å²) in [5.74, 6) is -0.641. The van der Waals surface area contributed by atoms with E-state index in [9.17, 15) is 18.0 Å². The number of ether oxygens (including phenoxy) is 1. The molecule has 1 N–H and O–H groups in total. The van der Waals surface area contributed by atoms with Crippen LogP contribution in [0.15, 0.2) is 108 Å². The molecule has 1 unspecified atom stereocenters. The van der Waals surface area contributed by atoms with E-state index in [4.69, 9.17) is 16.3 Å². The van der Waals surface area contributed by atoms with E-state index in [0.717, 1.165) is 15.4 Å². The van der Waals surface area contributed by atoms with Gasteiger partial charge in [-0.05, 0) is 61.4 Å². The van der Waals surface area contributed by atoms with Crippen molar-refractivity contribution in [2.24, 2.45) is 0 Å². The van der Waals surface area contributed by atoms with Crippen LogP contribution in [0.1, 0.15) is 23.6 Å². The zero-order valence-electron chi connectivity index (χ0n) is 24.9. The van der Waals surface area contributed by atoms with Gasteiger partial charge in [-0.2, -0.15) is 0 Å². The molecule has 0 aliphatic heterocycles. The van der Waals surface area contributed by atoms with Crippen LogP contribution in [0.25, 0.3) is 0 Å². The topological polar surface area (TPSA) is 96.0 Å². The summed E-state index contributed by atoms with van der Waals surface area (Å²) >= 11 is 6.28. The fourth-order valence-corrected chi connectivity index (χ4v) is 6.50. The van der Waals surface area contributed by atoms with Crippen LogP contribution in [-0.2, 0) is 32.6 Å². The molecule has 4 aromatic carbocycles. The normalized spacial score (nSPS) is 11.8. The number of aryl methyl sites for hydroxylation is 1. The SMILES string of the molecule is CCNC(=O)C(Cc1ccccc1)N(Cc1cccc(Cl)c1)C(=O)CN(c1ccccc1OC)S(=O)(=O)c1ccc(C)cc1. The number of sulfonamides is 1. The average Bonchev–Trinajstić information content (AvgIpc) is 3.02. The number of rotatable bonds is 13. The number of anilines is 1. The Kier molecular flexibility index (Phi) is 11.0. The fourth-order valence-electron chi connectivity index (χ4n) is 4.86. The minimum absolute atomic E-state index is 0.0211. The van der Waals surface area contributed by atoms with Gasteiger partial charge in [0.25, 0.3) is 10.0 Å². The number of benzene rings is 4. The van der Waals surface area contributed by atoms with Crippen LogP contribution in [0.4, 0.5) is 5.69 Å². The van der Waals surface area contributed by atoms with Crippen molar-refractivity contribution in [3.63, 3.8) is 0 Å². The lowest BCUT2D eigenvalue weighted by Crippen LogP contribution is -2.53. The number of para-hydroxylation sites is 2. The zero-order valence-corrected chi connectivity index (χ0v) is 26.5. The lowest BCUT2D eigenvalue weighted by Gasteiger charge is -2.34. The van der Waals surface area contributed by atoms with Gasteiger partial charge in [0.2, 0.25) is 11.8 Å². The molecule has 0 fully saturated rings. The van der Waals surface area contributed by atoms with Gasteiger partial charge in [0, 0.05) is 24.5 Å². The maximum absolute atomic E-state index is 14.5. The van der Waals surface area contributed by atoms with Crippen molar-refractivity contribution in [3.05, 3.63) is 125 Å². The van der Waals surface area contributed by atoms with Gasteiger partial charge in [-0.3, -0.25) is 13.9 Å². The molecule has 0 spiro atoms. The molecule has 230 valence electrons. The second-order valence-electron chi connectivity index (χ2n) is 10.2. The number of halogens is 1. The van der Waals surface area contributed by atoms with Gasteiger partial charge in [0.05, 0.1) is 17.7 Å². The molecule has 4 aromatic rings. The van der Waals surface area contributed by atoms with Crippen LogP contribution in [-0.4, -0.2) is 51.4 Å². The van der Waals surface area contributed by atoms with Crippen molar-refractivity contribution in [1.29, 1.82) is 0 Å². The molecule has 0 radical (unpaired) electrons. The predicted octanol–water partition coefficient (Wildman–Crippen LogP) is 5.63. The van der Waals surface area contributed by atoms with E-state index in [1.165, 1.54) is 24.1 Å².